The summed E-state index contributed by atoms with van der Waals surface area (Å²) in [6, 6.07) is 4.23. The van der Waals surface area contributed by atoms with Crippen LogP contribution in [0.2, 0.25) is 0 Å². The molecule has 1 aromatic rings. The van der Waals surface area contributed by atoms with Crippen LogP contribution in [0.15, 0.2) is 24.5 Å². The standard InChI is InChI=1S/C13H21N/c1-12-5-4-6-13(11-12)7-10-14-8-2-3-9-14/h2-3,8-9,12-13H,4-7,10-11H2,1H3. The van der Waals surface area contributed by atoms with Gasteiger partial charge in [0, 0.05) is 18.9 Å². The van der Waals surface area contributed by atoms with Gasteiger partial charge in [0.1, 0.15) is 0 Å². The van der Waals surface area contributed by atoms with E-state index < -0.39 is 0 Å². The second kappa shape index (κ2) is 4.68. The van der Waals surface area contributed by atoms with E-state index in [1.807, 2.05) is 0 Å². The van der Waals surface area contributed by atoms with Gasteiger partial charge in [0.15, 0.2) is 0 Å². The lowest BCUT2D eigenvalue weighted by molar-refractivity contribution is 0.261. The first-order chi connectivity index (χ1) is 6.84. The highest BCUT2D eigenvalue weighted by molar-refractivity contribution is 4.90. The van der Waals surface area contributed by atoms with Crippen LogP contribution in [0.1, 0.15) is 39.0 Å². The smallest absolute Gasteiger partial charge is 0.0222 e. The van der Waals surface area contributed by atoms with Gasteiger partial charge in [0.2, 0.25) is 0 Å². The molecular formula is C13H21N. The van der Waals surface area contributed by atoms with Crippen LogP contribution in [-0.4, -0.2) is 4.57 Å². The Morgan fingerprint density at radius 2 is 2.00 bits per heavy atom. The molecule has 2 atom stereocenters. The van der Waals surface area contributed by atoms with Crippen LogP contribution in [0.5, 0.6) is 0 Å². The lowest BCUT2D eigenvalue weighted by atomic mass is 9.81. The molecule has 1 aliphatic carbocycles. The topological polar surface area (TPSA) is 4.93 Å². The van der Waals surface area contributed by atoms with E-state index >= 15 is 0 Å². The van der Waals surface area contributed by atoms with Crippen molar-refractivity contribution in [2.75, 3.05) is 0 Å². The minimum Gasteiger partial charge on any atom is -0.354 e. The van der Waals surface area contributed by atoms with E-state index in [4.69, 9.17) is 0 Å². The second-order valence-corrected chi connectivity index (χ2v) is 4.85. The predicted molar refractivity (Wildman–Crippen MR) is 60.2 cm³/mol. The molecule has 0 N–H and O–H groups in total. The van der Waals surface area contributed by atoms with Crippen LogP contribution < -0.4 is 0 Å². The maximum atomic E-state index is 2.40. The van der Waals surface area contributed by atoms with Gasteiger partial charge < -0.3 is 4.57 Å². The highest BCUT2D eigenvalue weighted by Gasteiger charge is 2.18. The van der Waals surface area contributed by atoms with Crippen LogP contribution in [0.25, 0.3) is 0 Å². The zero-order valence-electron chi connectivity index (χ0n) is 9.15. The molecular weight excluding hydrogens is 170 g/mol. The Balaban J connectivity index is 1.75. The molecule has 78 valence electrons. The molecule has 2 rings (SSSR count). The molecule has 1 aliphatic rings. The Kier molecular flexibility index (Phi) is 3.28. The first-order valence-electron chi connectivity index (χ1n) is 5.95. The molecule has 0 bridgehead atoms. The van der Waals surface area contributed by atoms with Crippen molar-refractivity contribution < 1.29 is 0 Å². The maximum absolute atomic E-state index is 2.40. The first kappa shape index (κ1) is 9.82. The average Bonchev–Trinajstić information content (AvgIpc) is 2.67. The fraction of sp³-hybridized carbons (Fsp3) is 0.692. The fourth-order valence-electron chi connectivity index (χ4n) is 2.67. The Morgan fingerprint density at radius 3 is 2.71 bits per heavy atom. The third-order valence-corrected chi connectivity index (χ3v) is 3.51. The largest absolute Gasteiger partial charge is 0.354 e. The van der Waals surface area contributed by atoms with Crippen LogP contribution in [0.4, 0.5) is 0 Å². The van der Waals surface area contributed by atoms with Crippen molar-refractivity contribution in [1.82, 2.24) is 4.57 Å². The highest BCUT2D eigenvalue weighted by Crippen LogP contribution is 2.30. The van der Waals surface area contributed by atoms with E-state index in [1.54, 1.807) is 0 Å². The van der Waals surface area contributed by atoms with Crippen molar-refractivity contribution in [2.45, 2.75) is 45.6 Å². The molecule has 14 heavy (non-hydrogen) atoms. The summed E-state index contributed by atoms with van der Waals surface area (Å²) >= 11 is 0. The van der Waals surface area contributed by atoms with Crippen molar-refractivity contribution in [3.8, 4) is 0 Å². The van der Waals surface area contributed by atoms with Gasteiger partial charge in [-0.15, -0.1) is 0 Å². The van der Waals surface area contributed by atoms with Gasteiger partial charge in [-0.1, -0.05) is 26.2 Å². The van der Waals surface area contributed by atoms with Gasteiger partial charge >= 0.3 is 0 Å². The summed E-state index contributed by atoms with van der Waals surface area (Å²) in [7, 11) is 0. The Hall–Kier alpha value is -0.720. The quantitative estimate of drug-likeness (QED) is 0.686. The molecule has 1 heterocycles. The molecule has 0 aromatic carbocycles. The highest BCUT2D eigenvalue weighted by atomic mass is 14.9. The summed E-state index contributed by atoms with van der Waals surface area (Å²) in [5.74, 6) is 1.96. The van der Waals surface area contributed by atoms with Crippen molar-refractivity contribution in [1.29, 1.82) is 0 Å². The molecule has 1 nitrogen and oxygen atoms in total. The summed E-state index contributed by atoms with van der Waals surface area (Å²) in [5.41, 5.74) is 0. The predicted octanol–water partition coefficient (Wildman–Crippen LogP) is 3.70. The van der Waals surface area contributed by atoms with E-state index in [2.05, 4.69) is 36.0 Å². The molecule has 1 saturated carbocycles. The number of hydrogen-bond acceptors (Lipinski definition) is 0. The van der Waals surface area contributed by atoms with Gasteiger partial charge in [-0.25, -0.2) is 0 Å². The van der Waals surface area contributed by atoms with Crippen molar-refractivity contribution in [3.05, 3.63) is 24.5 Å². The second-order valence-electron chi connectivity index (χ2n) is 4.85. The van der Waals surface area contributed by atoms with Crippen LogP contribution in [0, 0.1) is 11.8 Å². The number of aromatic nitrogens is 1. The van der Waals surface area contributed by atoms with Crippen molar-refractivity contribution >= 4 is 0 Å². The van der Waals surface area contributed by atoms with Gasteiger partial charge in [-0.2, -0.15) is 0 Å². The lowest BCUT2D eigenvalue weighted by Gasteiger charge is -2.26. The van der Waals surface area contributed by atoms with E-state index in [1.165, 1.54) is 38.6 Å². The fourth-order valence-corrected chi connectivity index (χ4v) is 2.67. The summed E-state index contributed by atoms with van der Waals surface area (Å²) in [4.78, 5) is 0. The summed E-state index contributed by atoms with van der Waals surface area (Å²) in [6.45, 7) is 3.62. The van der Waals surface area contributed by atoms with Crippen LogP contribution >= 0.6 is 0 Å². The number of rotatable bonds is 3. The third-order valence-electron chi connectivity index (χ3n) is 3.51. The van der Waals surface area contributed by atoms with Crippen molar-refractivity contribution in [3.63, 3.8) is 0 Å². The normalized spacial score (nSPS) is 27.8. The average molecular weight is 191 g/mol. The maximum Gasteiger partial charge on any atom is 0.0222 e. The third kappa shape index (κ3) is 2.63. The van der Waals surface area contributed by atoms with Gasteiger partial charge in [0.25, 0.3) is 0 Å². The molecule has 0 aliphatic heterocycles. The number of hydrogen-bond donors (Lipinski definition) is 0. The van der Waals surface area contributed by atoms with Crippen LogP contribution in [-0.2, 0) is 6.54 Å². The molecule has 1 aromatic heterocycles. The van der Waals surface area contributed by atoms with Crippen molar-refractivity contribution in [2.24, 2.45) is 11.8 Å². The number of nitrogens with zero attached hydrogens (tertiary/aromatic N) is 1. The van der Waals surface area contributed by atoms with E-state index in [0.29, 0.717) is 0 Å². The molecule has 0 saturated heterocycles. The molecule has 1 heteroatoms. The van der Waals surface area contributed by atoms with Gasteiger partial charge in [-0.05, 0) is 36.8 Å². The monoisotopic (exact) mass is 191 g/mol. The molecule has 0 radical (unpaired) electrons. The molecule has 2 unspecified atom stereocenters. The summed E-state index contributed by atoms with van der Waals surface area (Å²) < 4.78 is 2.30. The molecule has 1 fully saturated rings. The minimum absolute atomic E-state index is 0.971. The van der Waals surface area contributed by atoms with E-state index in [9.17, 15) is 0 Å². The van der Waals surface area contributed by atoms with Gasteiger partial charge in [-0.3, -0.25) is 0 Å². The number of aryl methyl sites for hydroxylation is 1. The summed E-state index contributed by atoms with van der Waals surface area (Å²) in [6.07, 6.45) is 11.6. The van der Waals surface area contributed by atoms with Crippen LogP contribution in [0.3, 0.4) is 0 Å². The zero-order valence-corrected chi connectivity index (χ0v) is 9.15. The summed E-state index contributed by atoms with van der Waals surface area (Å²) in [5, 5.41) is 0. The Morgan fingerprint density at radius 1 is 1.21 bits per heavy atom. The molecule has 0 amide bonds. The minimum atomic E-state index is 0.971. The lowest BCUT2D eigenvalue weighted by Crippen LogP contribution is -2.14. The first-order valence-corrected chi connectivity index (χ1v) is 5.95. The molecule has 0 spiro atoms. The Bertz CT molecular complexity index is 250. The Labute approximate surface area is 87.1 Å². The van der Waals surface area contributed by atoms with Gasteiger partial charge in [0.05, 0.1) is 0 Å². The zero-order chi connectivity index (χ0) is 9.80. The van der Waals surface area contributed by atoms with E-state index in [0.717, 1.165) is 11.8 Å². The van der Waals surface area contributed by atoms with E-state index in [-0.39, 0.29) is 0 Å². The SMILES string of the molecule is CC1CCCC(CCn2cccc2)C1.